The number of morpholine rings is 1. The molecular weight excluding hydrogens is 138 g/mol. The van der Waals surface area contributed by atoms with Gasteiger partial charge in [-0.15, -0.1) is 0 Å². The summed E-state index contributed by atoms with van der Waals surface area (Å²) in [6.45, 7) is 9.80. The Morgan fingerprint density at radius 2 is 2.36 bits per heavy atom. The Morgan fingerprint density at radius 3 is 2.91 bits per heavy atom. The van der Waals surface area contributed by atoms with E-state index in [0.29, 0.717) is 6.10 Å². The minimum absolute atomic E-state index is 0.428. The summed E-state index contributed by atoms with van der Waals surface area (Å²) >= 11 is 0. The number of ether oxygens (including phenoxy) is 1. The Hall–Kier alpha value is -0.0800. The van der Waals surface area contributed by atoms with Crippen molar-refractivity contribution < 1.29 is 4.74 Å². The van der Waals surface area contributed by atoms with Crippen LogP contribution < -0.4 is 0 Å². The van der Waals surface area contributed by atoms with Gasteiger partial charge in [0, 0.05) is 19.1 Å². The van der Waals surface area contributed by atoms with Crippen LogP contribution in [0.1, 0.15) is 27.2 Å². The van der Waals surface area contributed by atoms with Gasteiger partial charge in [-0.2, -0.15) is 0 Å². The van der Waals surface area contributed by atoms with Crippen molar-refractivity contribution in [2.75, 3.05) is 19.7 Å². The van der Waals surface area contributed by atoms with Gasteiger partial charge in [-0.25, -0.2) is 0 Å². The van der Waals surface area contributed by atoms with E-state index < -0.39 is 0 Å². The Balaban J connectivity index is 2.33. The fraction of sp³-hybridized carbons (Fsp3) is 1.00. The van der Waals surface area contributed by atoms with E-state index >= 15 is 0 Å². The molecule has 0 amide bonds. The van der Waals surface area contributed by atoms with Crippen LogP contribution in [0.5, 0.6) is 0 Å². The SMILES string of the molecule is CCC(C)N1CCO[C@@H](C)C1. The highest BCUT2D eigenvalue weighted by molar-refractivity contribution is 4.72. The van der Waals surface area contributed by atoms with E-state index in [0.717, 1.165) is 25.7 Å². The third-order valence-corrected chi connectivity index (χ3v) is 2.49. The lowest BCUT2D eigenvalue weighted by Crippen LogP contribution is -2.45. The maximum absolute atomic E-state index is 5.46. The second-order valence-electron chi connectivity index (χ2n) is 3.43. The molecule has 1 rings (SSSR count). The lowest BCUT2D eigenvalue weighted by molar-refractivity contribution is -0.0318. The zero-order valence-corrected chi connectivity index (χ0v) is 7.84. The largest absolute Gasteiger partial charge is 0.376 e. The van der Waals surface area contributed by atoms with Crippen LogP contribution in [-0.4, -0.2) is 36.7 Å². The summed E-state index contributed by atoms with van der Waals surface area (Å²) in [5.41, 5.74) is 0. The number of hydrogen-bond donors (Lipinski definition) is 0. The van der Waals surface area contributed by atoms with Gasteiger partial charge in [0.2, 0.25) is 0 Å². The summed E-state index contributed by atoms with van der Waals surface area (Å²) in [7, 11) is 0. The molecule has 0 N–H and O–H groups in total. The van der Waals surface area contributed by atoms with Gasteiger partial charge in [-0.3, -0.25) is 4.90 Å². The van der Waals surface area contributed by atoms with Crippen molar-refractivity contribution >= 4 is 0 Å². The standard InChI is InChI=1S/C9H19NO/c1-4-8(2)10-5-6-11-9(3)7-10/h8-9H,4-7H2,1-3H3/t8?,9-/m0/s1. The third-order valence-electron chi connectivity index (χ3n) is 2.49. The maximum Gasteiger partial charge on any atom is 0.0674 e. The van der Waals surface area contributed by atoms with E-state index in [-0.39, 0.29) is 0 Å². The van der Waals surface area contributed by atoms with Crippen LogP contribution in [0.15, 0.2) is 0 Å². The molecule has 0 bridgehead atoms. The predicted molar refractivity (Wildman–Crippen MR) is 46.7 cm³/mol. The molecule has 0 aromatic heterocycles. The van der Waals surface area contributed by atoms with E-state index in [4.69, 9.17) is 4.74 Å². The summed E-state index contributed by atoms with van der Waals surface area (Å²) in [4.78, 5) is 2.51. The van der Waals surface area contributed by atoms with Crippen LogP contribution in [-0.2, 0) is 4.74 Å². The van der Waals surface area contributed by atoms with Gasteiger partial charge < -0.3 is 4.74 Å². The molecule has 0 spiro atoms. The van der Waals surface area contributed by atoms with E-state index in [2.05, 4.69) is 25.7 Å². The number of hydrogen-bond acceptors (Lipinski definition) is 2. The lowest BCUT2D eigenvalue weighted by atomic mass is 10.2. The van der Waals surface area contributed by atoms with Gasteiger partial charge in [-0.1, -0.05) is 6.92 Å². The number of rotatable bonds is 2. The molecule has 1 heterocycles. The van der Waals surface area contributed by atoms with Gasteiger partial charge in [0.25, 0.3) is 0 Å². The Labute approximate surface area is 69.5 Å². The molecule has 11 heavy (non-hydrogen) atoms. The van der Waals surface area contributed by atoms with Crippen molar-refractivity contribution in [3.05, 3.63) is 0 Å². The van der Waals surface area contributed by atoms with Crippen LogP contribution in [0, 0.1) is 0 Å². The first kappa shape index (κ1) is 9.01. The molecule has 66 valence electrons. The topological polar surface area (TPSA) is 12.5 Å². The smallest absolute Gasteiger partial charge is 0.0674 e. The fourth-order valence-corrected chi connectivity index (χ4v) is 1.50. The monoisotopic (exact) mass is 157 g/mol. The second-order valence-corrected chi connectivity index (χ2v) is 3.43. The molecule has 0 aliphatic carbocycles. The predicted octanol–water partition coefficient (Wildman–Crippen LogP) is 1.51. The molecule has 2 nitrogen and oxygen atoms in total. The molecule has 1 aliphatic rings. The van der Waals surface area contributed by atoms with Crippen molar-refractivity contribution in [1.29, 1.82) is 0 Å². The Kier molecular flexibility index (Phi) is 3.34. The van der Waals surface area contributed by atoms with Crippen molar-refractivity contribution in [2.45, 2.75) is 39.3 Å². The Morgan fingerprint density at radius 1 is 1.64 bits per heavy atom. The second kappa shape index (κ2) is 4.07. The molecule has 0 aromatic rings. The highest BCUT2D eigenvalue weighted by Gasteiger charge is 2.19. The van der Waals surface area contributed by atoms with Gasteiger partial charge in [-0.05, 0) is 20.3 Å². The van der Waals surface area contributed by atoms with Gasteiger partial charge >= 0.3 is 0 Å². The molecule has 0 radical (unpaired) electrons. The summed E-state index contributed by atoms with van der Waals surface area (Å²) in [6, 6.07) is 0.723. The summed E-state index contributed by atoms with van der Waals surface area (Å²) in [5.74, 6) is 0. The summed E-state index contributed by atoms with van der Waals surface area (Å²) in [6.07, 6.45) is 1.67. The molecule has 1 saturated heterocycles. The van der Waals surface area contributed by atoms with Crippen LogP contribution in [0.25, 0.3) is 0 Å². The first-order chi connectivity index (χ1) is 5.24. The first-order valence-corrected chi connectivity index (χ1v) is 4.59. The van der Waals surface area contributed by atoms with Crippen molar-refractivity contribution in [3.8, 4) is 0 Å². The minimum Gasteiger partial charge on any atom is -0.376 e. The average molecular weight is 157 g/mol. The first-order valence-electron chi connectivity index (χ1n) is 4.59. The minimum atomic E-state index is 0.428. The molecular formula is C9H19NO. The number of nitrogens with zero attached hydrogens (tertiary/aromatic N) is 1. The van der Waals surface area contributed by atoms with E-state index in [1.54, 1.807) is 0 Å². The van der Waals surface area contributed by atoms with Crippen LogP contribution in [0.3, 0.4) is 0 Å². The van der Waals surface area contributed by atoms with Gasteiger partial charge in [0.15, 0.2) is 0 Å². The quantitative estimate of drug-likeness (QED) is 0.602. The van der Waals surface area contributed by atoms with Crippen LogP contribution >= 0.6 is 0 Å². The van der Waals surface area contributed by atoms with Crippen molar-refractivity contribution in [3.63, 3.8) is 0 Å². The molecule has 0 saturated carbocycles. The van der Waals surface area contributed by atoms with Gasteiger partial charge in [0.1, 0.15) is 0 Å². The molecule has 1 unspecified atom stereocenters. The van der Waals surface area contributed by atoms with Crippen LogP contribution in [0.2, 0.25) is 0 Å². The van der Waals surface area contributed by atoms with E-state index in [1.807, 2.05) is 0 Å². The summed E-state index contributed by atoms with van der Waals surface area (Å²) in [5, 5.41) is 0. The molecule has 1 aliphatic heterocycles. The normalized spacial score (nSPS) is 30.3. The van der Waals surface area contributed by atoms with Gasteiger partial charge in [0.05, 0.1) is 12.7 Å². The highest BCUT2D eigenvalue weighted by atomic mass is 16.5. The molecule has 1 fully saturated rings. The fourth-order valence-electron chi connectivity index (χ4n) is 1.50. The summed E-state index contributed by atoms with van der Waals surface area (Å²) < 4.78 is 5.46. The Bertz CT molecular complexity index is 116. The molecule has 0 aromatic carbocycles. The maximum atomic E-state index is 5.46. The highest BCUT2D eigenvalue weighted by Crippen LogP contribution is 2.09. The van der Waals surface area contributed by atoms with E-state index in [9.17, 15) is 0 Å². The van der Waals surface area contributed by atoms with Crippen LogP contribution in [0.4, 0.5) is 0 Å². The lowest BCUT2D eigenvalue weighted by Gasteiger charge is -2.35. The average Bonchev–Trinajstić information content (AvgIpc) is 2.03. The zero-order valence-electron chi connectivity index (χ0n) is 7.84. The third kappa shape index (κ3) is 2.46. The van der Waals surface area contributed by atoms with Crippen molar-refractivity contribution in [1.82, 2.24) is 4.90 Å². The molecule has 2 atom stereocenters. The van der Waals surface area contributed by atoms with Crippen molar-refractivity contribution in [2.24, 2.45) is 0 Å². The zero-order chi connectivity index (χ0) is 8.27. The molecule has 2 heteroatoms. The van der Waals surface area contributed by atoms with E-state index in [1.165, 1.54) is 6.42 Å².